The number of nitrogens with one attached hydrogen (secondary N) is 1. The first kappa shape index (κ1) is 12.9. The molecular formula is C9H14N2O4S. The molecule has 0 aliphatic heterocycles. The molecule has 1 heterocycles. The van der Waals surface area contributed by atoms with Gasteiger partial charge in [0, 0.05) is 25.9 Å². The standard InChI is InChI=1S/C9H14N2O4S/c1-7(12)6-11(2)16(14,15)8-3-4-9(13)10-5-8/h3-5,7,12H,6H2,1-2H3,(H,10,13). The molecule has 90 valence electrons. The first-order chi connectivity index (χ1) is 7.34. The number of aromatic nitrogens is 1. The van der Waals surface area contributed by atoms with Crippen molar-refractivity contribution in [3.8, 4) is 0 Å². The van der Waals surface area contributed by atoms with E-state index in [9.17, 15) is 13.2 Å². The second-order valence-corrected chi connectivity index (χ2v) is 5.57. The van der Waals surface area contributed by atoms with Crippen LogP contribution >= 0.6 is 0 Å². The van der Waals surface area contributed by atoms with E-state index < -0.39 is 16.1 Å². The number of rotatable bonds is 4. The van der Waals surface area contributed by atoms with Crippen molar-refractivity contribution in [1.82, 2.24) is 9.29 Å². The van der Waals surface area contributed by atoms with Crippen molar-refractivity contribution in [2.75, 3.05) is 13.6 Å². The average Bonchev–Trinajstić information content (AvgIpc) is 2.17. The summed E-state index contributed by atoms with van der Waals surface area (Å²) in [6, 6.07) is 2.37. The predicted molar refractivity (Wildman–Crippen MR) is 58.6 cm³/mol. The highest BCUT2D eigenvalue weighted by atomic mass is 32.2. The zero-order valence-corrected chi connectivity index (χ0v) is 9.86. The Morgan fingerprint density at radius 3 is 2.56 bits per heavy atom. The topological polar surface area (TPSA) is 90.5 Å². The minimum absolute atomic E-state index is 0.00145. The molecule has 6 nitrogen and oxygen atoms in total. The molecular weight excluding hydrogens is 232 g/mol. The number of H-pyrrole nitrogens is 1. The summed E-state index contributed by atoms with van der Waals surface area (Å²) in [5, 5.41) is 9.11. The fourth-order valence-corrected chi connectivity index (χ4v) is 2.43. The van der Waals surface area contributed by atoms with Gasteiger partial charge in [-0.15, -0.1) is 0 Å². The lowest BCUT2D eigenvalue weighted by Gasteiger charge is -2.18. The lowest BCUT2D eigenvalue weighted by Crippen LogP contribution is -2.33. The molecule has 1 rings (SSSR count). The van der Waals surface area contributed by atoms with Crippen LogP contribution in [0.2, 0.25) is 0 Å². The summed E-state index contributed by atoms with van der Waals surface area (Å²) in [7, 11) is -2.28. The van der Waals surface area contributed by atoms with E-state index in [0.29, 0.717) is 0 Å². The molecule has 7 heteroatoms. The third-order valence-electron chi connectivity index (χ3n) is 1.99. The van der Waals surface area contributed by atoms with Gasteiger partial charge in [-0.25, -0.2) is 8.42 Å². The highest BCUT2D eigenvalue weighted by Crippen LogP contribution is 2.11. The minimum Gasteiger partial charge on any atom is -0.392 e. The molecule has 2 N–H and O–H groups in total. The molecule has 0 saturated heterocycles. The van der Waals surface area contributed by atoms with Crippen LogP contribution in [0.5, 0.6) is 0 Å². The number of pyridine rings is 1. The van der Waals surface area contributed by atoms with Crippen LogP contribution in [-0.4, -0.2) is 42.5 Å². The Labute approximate surface area is 93.6 Å². The largest absolute Gasteiger partial charge is 0.392 e. The summed E-state index contributed by atoms with van der Waals surface area (Å²) in [4.78, 5) is 13.1. The maximum absolute atomic E-state index is 11.9. The molecule has 0 aromatic carbocycles. The Bertz CT molecular complexity index is 486. The number of aromatic amines is 1. The van der Waals surface area contributed by atoms with Crippen molar-refractivity contribution < 1.29 is 13.5 Å². The second kappa shape index (κ2) is 4.77. The van der Waals surface area contributed by atoms with E-state index in [1.807, 2.05) is 0 Å². The lowest BCUT2D eigenvalue weighted by molar-refractivity contribution is 0.171. The van der Waals surface area contributed by atoms with Crippen LogP contribution < -0.4 is 5.56 Å². The normalized spacial score (nSPS) is 14.0. The molecule has 0 spiro atoms. The van der Waals surface area contributed by atoms with Crippen molar-refractivity contribution in [1.29, 1.82) is 0 Å². The Hall–Kier alpha value is -1.18. The number of hydrogen-bond donors (Lipinski definition) is 2. The monoisotopic (exact) mass is 246 g/mol. The molecule has 0 aliphatic rings. The Morgan fingerprint density at radius 1 is 1.50 bits per heavy atom. The number of hydrogen-bond acceptors (Lipinski definition) is 4. The zero-order valence-electron chi connectivity index (χ0n) is 9.04. The van der Waals surface area contributed by atoms with Crippen LogP contribution in [0.25, 0.3) is 0 Å². The van der Waals surface area contributed by atoms with Gasteiger partial charge in [0.2, 0.25) is 15.6 Å². The minimum atomic E-state index is -3.65. The summed E-state index contributed by atoms with van der Waals surface area (Å²) in [6.07, 6.45) is 0.387. The molecule has 1 unspecified atom stereocenters. The fourth-order valence-electron chi connectivity index (χ4n) is 1.21. The molecule has 0 radical (unpaired) electrons. The summed E-state index contributed by atoms with van der Waals surface area (Å²) in [6.45, 7) is 1.50. The summed E-state index contributed by atoms with van der Waals surface area (Å²) < 4.78 is 24.8. The molecule has 1 aromatic rings. The third-order valence-corrected chi connectivity index (χ3v) is 3.80. The first-order valence-corrected chi connectivity index (χ1v) is 6.11. The van der Waals surface area contributed by atoms with Crippen molar-refractivity contribution in [2.45, 2.75) is 17.9 Å². The van der Waals surface area contributed by atoms with Gasteiger partial charge < -0.3 is 10.1 Å². The molecule has 0 saturated carbocycles. The van der Waals surface area contributed by atoms with E-state index in [2.05, 4.69) is 4.98 Å². The molecule has 0 bridgehead atoms. The summed E-state index contributed by atoms with van der Waals surface area (Å²) in [5.41, 5.74) is -0.364. The first-order valence-electron chi connectivity index (χ1n) is 4.67. The average molecular weight is 246 g/mol. The number of aliphatic hydroxyl groups is 1. The Balaban J connectivity index is 3.02. The van der Waals surface area contributed by atoms with Gasteiger partial charge in [0.25, 0.3) is 0 Å². The van der Waals surface area contributed by atoms with Crippen LogP contribution in [0.3, 0.4) is 0 Å². The van der Waals surface area contributed by atoms with Gasteiger partial charge in [-0.3, -0.25) is 4.79 Å². The van der Waals surface area contributed by atoms with Gasteiger partial charge in [0.15, 0.2) is 0 Å². The number of sulfonamides is 1. The highest BCUT2D eigenvalue weighted by Gasteiger charge is 2.21. The maximum Gasteiger partial charge on any atom is 0.247 e. The van der Waals surface area contributed by atoms with E-state index in [1.165, 1.54) is 20.0 Å². The highest BCUT2D eigenvalue weighted by molar-refractivity contribution is 7.89. The molecule has 1 aromatic heterocycles. The van der Waals surface area contributed by atoms with Gasteiger partial charge >= 0.3 is 0 Å². The van der Waals surface area contributed by atoms with E-state index >= 15 is 0 Å². The Kier molecular flexibility index (Phi) is 3.84. The number of aliphatic hydroxyl groups excluding tert-OH is 1. The van der Waals surface area contributed by atoms with Gasteiger partial charge in [0.05, 0.1) is 11.0 Å². The van der Waals surface area contributed by atoms with Gasteiger partial charge in [-0.05, 0) is 13.0 Å². The fraction of sp³-hybridized carbons (Fsp3) is 0.444. The maximum atomic E-state index is 11.9. The molecule has 0 amide bonds. The van der Waals surface area contributed by atoms with E-state index in [0.717, 1.165) is 16.6 Å². The van der Waals surface area contributed by atoms with Gasteiger partial charge in [-0.2, -0.15) is 4.31 Å². The Morgan fingerprint density at radius 2 is 2.12 bits per heavy atom. The predicted octanol–water partition coefficient (Wildman–Crippen LogP) is -0.624. The molecule has 0 fully saturated rings. The number of likely N-dealkylation sites (N-methyl/N-ethyl adjacent to an activating group) is 1. The summed E-state index contributed by atoms with van der Waals surface area (Å²) >= 11 is 0. The van der Waals surface area contributed by atoms with E-state index in [-0.39, 0.29) is 17.0 Å². The zero-order chi connectivity index (χ0) is 12.3. The SMILES string of the molecule is CC(O)CN(C)S(=O)(=O)c1ccc(=O)[nH]c1. The second-order valence-electron chi connectivity index (χ2n) is 3.52. The number of nitrogens with zero attached hydrogens (tertiary/aromatic N) is 1. The lowest BCUT2D eigenvalue weighted by atomic mass is 10.4. The quantitative estimate of drug-likeness (QED) is 0.740. The van der Waals surface area contributed by atoms with Gasteiger partial charge in [0.1, 0.15) is 0 Å². The van der Waals surface area contributed by atoms with E-state index in [4.69, 9.17) is 5.11 Å². The summed E-state index contributed by atoms with van der Waals surface area (Å²) in [5.74, 6) is 0. The molecule has 0 aliphatic carbocycles. The van der Waals surface area contributed by atoms with Crippen molar-refractivity contribution >= 4 is 10.0 Å². The van der Waals surface area contributed by atoms with Gasteiger partial charge in [-0.1, -0.05) is 0 Å². The van der Waals surface area contributed by atoms with Crippen LogP contribution in [0, 0.1) is 0 Å². The molecule has 16 heavy (non-hydrogen) atoms. The van der Waals surface area contributed by atoms with Crippen LogP contribution in [0.15, 0.2) is 28.0 Å². The van der Waals surface area contributed by atoms with Crippen molar-refractivity contribution in [3.63, 3.8) is 0 Å². The van der Waals surface area contributed by atoms with Crippen molar-refractivity contribution in [2.24, 2.45) is 0 Å². The van der Waals surface area contributed by atoms with E-state index in [1.54, 1.807) is 0 Å². The van der Waals surface area contributed by atoms with Crippen molar-refractivity contribution in [3.05, 3.63) is 28.7 Å². The molecule has 1 atom stereocenters. The van der Waals surface area contributed by atoms with Crippen LogP contribution in [0.4, 0.5) is 0 Å². The van der Waals surface area contributed by atoms with Crippen LogP contribution in [-0.2, 0) is 10.0 Å². The smallest absolute Gasteiger partial charge is 0.247 e. The van der Waals surface area contributed by atoms with Crippen LogP contribution in [0.1, 0.15) is 6.92 Å². The third kappa shape index (κ3) is 2.91.